The number of hydrogen-bond donors (Lipinski definition) is 1. The molecule has 0 spiro atoms. The molecular formula is C11H24N2. The lowest BCUT2D eigenvalue weighted by Gasteiger charge is -2.37. The number of nitrogens with zero attached hydrogens (tertiary/aromatic N) is 1. The molecule has 0 bridgehead atoms. The SMILES string of the molecule is CCN(C(C)C)C1CCC(N)CC1. The van der Waals surface area contributed by atoms with Crippen molar-refractivity contribution in [1.29, 1.82) is 0 Å². The van der Waals surface area contributed by atoms with E-state index in [0.717, 1.165) is 6.04 Å². The van der Waals surface area contributed by atoms with Gasteiger partial charge < -0.3 is 5.73 Å². The van der Waals surface area contributed by atoms with E-state index in [-0.39, 0.29) is 0 Å². The van der Waals surface area contributed by atoms with E-state index in [1.165, 1.54) is 32.2 Å². The third kappa shape index (κ3) is 2.96. The molecule has 0 atom stereocenters. The van der Waals surface area contributed by atoms with Crippen LogP contribution in [-0.4, -0.2) is 29.6 Å². The summed E-state index contributed by atoms with van der Waals surface area (Å²) in [4.78, 5) is 2.60. The molecule has 2 N–H and O–H groups in total. The Morgan fingerprint density at radius 1 is 1.23 bits per heavy atom. The van der Waals surface area contributed by atoms with Gasteiger partial charge in [-0.1, -0.05) is 6.92 Å². The van der Waals surface area contributed by atoms with Crippen molar-refractivity contribution in [3.8, 4) is 0 Å². The Bertz CT molecular complexity index is 137. The van der Waals surface area contributed by atoms with Gasteiger partial charge in [0.2, 0.25) is 0 Å². The third-order valence-corrected chi connectivity index (χ3v) is 3.24. The predicted molar refractivity (Wildman–Crippen MR) is 57.7 cm³/mol. The first-order valence-corrected chi connectivity index (χ1v) is 5.66. The van der Waals surface area contributed by atoms with Gasteiger partial charge in [-0.05, 0) is 46.1 Å². The van der Waals surface area contributed by atoms with Crippen LogP contribution in [0.2, 0.25) is 0 Å². The molecule has 1 fully saturated rings. The summed E-state index contributed by atoms with van der Waals surface area (Å²) in [6.07, 6.45) is 5.03. The minimum absolute atomic E-state index is 0.474. The van der Waals surface area contributed by atoms with Crippen molar-refractivity contribution in [2.24, 2.45) is 5.73 Å². The molecule has 0 aliphatic heterocycles. The summed E-state index contributed by atoms with van der Waals surface area (Å²) in [5.74, 6) is 0. The minimum Gasteiger partial charge on any atom is -0.328 e. The lowest BCUT2D eigenvalue weighted by molar-refractivity contribution is 0.123. The molecule has 1 rings (SSSR count). The molecule has 0 unspecified atom stereocenters. The summed E-state index contributed by atoms with van der Waals surface area (Å²) in [5, 5.41) is 0. The normalized spacial score (nSPS) is 30.0. The fourth-order valence-electron chi connectivity index (χ4n) is 2.48. The largest absolute Gasteiger partial charge is 0.328 e. The van der Waals surface area contributed by atoms with E-state index < -0.39 is 0 Å². The molecule has 0 aromatic rings. The quantitative estimate of drug-likeness (QED) is 0.727. The summed E-state index contributed by atoms with van der Waals surface area (Å²) >= 11 is 0. The van der Waals surface area contributed by atoms with Crippen LogP contribution in [0, 0.1) is 0 Å². The van der Waals surface area contributed by atoms with Crippen molar-refractivity contribution < 1.29 is 0 Å². The second kappa shape index (κ2) is 4.97. The summed E-state index contributed by atoms with van der Waals surface area (Å²) in [6.45, 7) is 8.02. The molecule has 13 heavy (non-hydrogen) atoms. The third-order valence-electron chi connectivity index (χ3n) is 3.24. The first kappa shape index (κ1) is 11.0. The molecule has 0 aromatic carbocycles. The van der Waals surface area contributed by atoms with E-state index in [4.69, 9.17) is 5.73 Å². The van der Waals surface area contributed by atoms with Crippen LogP contribution >= 0.6 is 0 Å². The Kier molecular flexibility index (Phi) is 4.20. The summed E-state index contributed by atoms with van der Waals surface area (Å²) < 4.78 is 0. The summed E-state index contributed by atoms with van der Waals surface area (Å²) in [5.41, 5.74) is 5.90. The number of hydrogen-bond acceptors (Lipinski definition) is 2. The molecule has 78 valence electrons. The minimum atomic E-state index is 0.474. The zero-order valence-corrected chi connectivity index (χ0v) is 9.29. The highest BCUT2D eigenvalue weighted by Crippen LogP contribution is 2.23. The first-order chi connectivity index (χ1) is 6.15. The molecule has 0 amide bonds. The Balaban J connectivity index is 2.41. The molecule has 0 heterocycles. The zero-order chi connectivity index (χ0) is 9.84. The highest BCUT2D eigenvalue weighted by Gasteiger charge is 2.24. The van der Waals surface area contributed by atoms with Gasteiger partial charge in [-0.15, -0.1) is 0 Å². The van der Waals surface area contributed by atoms with Crippen molar-refractivity contribution in [2.45, 2.75) is 64.6 Å². The van der Waals surface area contributed by atoms with Crippen LogP contribution in [-0.2, 0) is 0 Å². The maximum atomic E-state index is 5.90. The molecule has 0 radical (unpaired) electrons. The van der Waals surface area contributed by atoms with E-state index in [2.05, 4.69) is 25.7 Å². The molecule has 2 heteroatoms. The number of nitrogens with two attached hydrogens (primary N) is 1. The predicted octanol–water partition coefficient (Wildman–Crippen LogP) is 1.99. The van der Waals surface area contributed by atoms with Crippen LogP contribution in [0.5, 0.6) is 0 Å². The van der Waals surface area contributed by atoms with Crippen LogP contribution in [0.25, 0.3) is 0 Å². The van der Waals surface area contributed by atoms with Gasteiger partial charge in [-0.3, -0.25) is 4.90 Å². The second-order valence-corrected chi connectivity index (χ2v) is 4.49. The average molecular weight is 184 g/mol. The van der Waals surface area contributed by atoms with E-state index in [0.29, 0.717) is 12.1 Å². The van der Waals surface area contributed by atoms with Crippen LogP contribution in [0.4, 0.5) is 0 Å². The summed E-state index contributed by atoms with van der Waals surface area (Å²) in [7, 11) is 0. The van der Waals surface area contributed by atoms with Gasteiger partial charge in [0.1, 0.15) is 0 Å². The average Bonchev–Trinajstić information content (AvgIpc) is 2.09. The fraction of sp³-hybridized carbons (Fsp3) is 1.00. The topological polar surface area (TPSA) is 29.3 Å². The number of rotatable bonds is 3. The van der Waals surface area contributed by atoms with Gasteiger partial charge >= 0.3 is 0 Å². The van der Waals surface area contributed by atoms with Gasteiger partial charge in [0.05, 0.1) is 0 Å². The summed E-state index contributed by atoms with van der Waals surface area (Å²) in [6, 6.07) is 1.95. The van der Waals surface area contributed by atoms with Gasteiger partial charge in [-0.25, -0.2) is 0 Å². The van der Waals surface area contributed by atoms with Crippen LogP contribution in [0.1, 0.15) is 46.5 Å². The molecule has 1 aliphatic carbocycles. The highest BCUT2D eigenvalue weighted by molar-refractivity contribution is 4.81. The van der Waals surface area contributed by atoms with E-state index in [9.17, 15) is 0 Å². The Morgan fingerprint density at radius 3 is 2.15 bits per heavy atom. The monoisotopic (exact) mass is 184 g/mol. The van der Waals surface area contributed by atoms with Crippen LogP contribution in [0.3, 0.4) is 0 Å². The van der Waals surface area contributed by atoms with Crippen molar-refractivity contribution in [3.63, 3.8) is 0 Å². The molecule has 0 saturated heterocycles. The van der Waals surface area contributed by atoms with Crippen LogP contribution < -0.4 is 5.73 Å². The van der Waals surface area contributed by atoms with E-state index >= 15 is 0 Å². The molecule has 0 aromatic heterocycles. The fourth-order valence-corrected chi connectivity index (χ4v) is 2.48. The smallest absolute Gasteiger partial charge is 0.00989 e. The van der Waals surface area contributed by atoms with E-state index in [1.807, 2.05) is 0 Å². The molecule has 1 saturated carbocycles. The first-order valence-electron chi connectivity index (χ1n) is 5.66. The standard InChI is InChI=1S/C11H24N2/c1-4-13(9(2)3)11-7-5-10(12)6-8-11/h9-11H,4-8,12H2,1-3H3. The molecule has 1 aliphatic rings. The van der Waals surface area contributed by atoms with Crippen molar-refractivity contribution in [1.82, 2.24) is 4.90 Å². The second-order valence-electron chi connectivity index (χ2n) is 4.49. The van der Waals surface area contributed by atoms with Crippen molar-refractivity contribution >= 4 is 0 Å². The Hall–Kier alpha value is -0.0800. The zero-order valence-electron chi connectivity index (χ0n) is 9.29. The van der Waals surface area contributed by atoms with Gasteiger partial charge in [0.15, 0.2) is 0 Å². The molecular weight excluding hydrogens is 160 g/mol. The lowest BCUT2D eigenvalue weighted by atomic mass is 9.90. The van der Waals surface area contributed by atoms with Gasteiger partial charge in [0.25, 0.3) is 0 Å². The Labute approximate surface area is 82.5 Å². The highest BCUT2D eigenvalue weighted by atomic mass is 15.2. The van der Waals surface area contributed by atoms with Crippen molar-refractivity contribution in [3.05, 3.63) is 0 Å². The molecule has 2 nitrogen and oxygen atoms in total. The van der Waals surface area contributed by atoms with Crippen LogP contribution in [0.15, 0.2) is 0 Å². The maximum absolute atomic E-state index is 5.90. The van der Waals surface area contributed by atoms with Gasteiger partial charge in [-0.2, -0.15) is 0 Å². The van der Waals surface area contributed by atoms with E-state index in [1.54, 1.807) is 0 Å². The maximum Gasteiger partial charge on any atom is 0.00989 e. The van der Waals surface area contributed by atoms with Gasteiger partial charge in [0, 0.05) is 18.1 Å². The lowest BCUT2D eigenvalue weighted by Crippen LogP contribution is -2.44. The van der Waals surface area contributed by atoms with Crippen molar-refractivity contribution in [2.75, 3.05) is 6.54 Å². The Morgan fingerprint density at radius 2 is 1.77 bits per heavy atom.